The van der Waals surface area contributed by atoms with E-state index in [-0.39, 0.29) is 93.6 Å². The maximum Gasteiger partial charge on any atom is 1.00 e. The average Bonchev–Trinajstić information content (AvgIpc) is 3.45. The molecule has 0 radical (unpaired) electrons. The minimum absolute atomic E-state index is 0. The van der Waals surface area contributed by atoms with E-state index < -0.39 is 16.5 Å². The summed E-state index contributed by atoms with van der Waals surface area (Å²) in [6, 6.07) is 4.06. The summed E-state index contributed by atoms with van der Waals surface area (Å²) >= 11 is 5.19. The van der Waals surface area contributed by atoms with E-state index in [0.29, 0.717) is 31.6 Å². The average molecular weight is 695 g/mol. The van der Waals surface area contributed by atoms with Crippen LogP contribution in [-0.4, -0.2) is 30.8 Å². The van der Waals surface area contributed by atoms with E-state index in [0.717, 1.165) is 40.8 Å². The number of halogens is 1. The third kappa shape index (κ3) is 6.81. The van der Waals surface area contributed by atoms with Crippen molar-refractivity contribution in [3.05, 3.63) is 20.8 Å². The summed E-state index contributed by atoms with van der Waals surface area (Å²) in [6.07, 6.45) is 5.98. The van der Waals surface area contributed by atoms with Gasteiger partial charge in [-0.15, -0.1) is 11.3 Å². The van der Waals surface area contributed by atoms with Crippen LogP contribution >= 0.6 is 27.3 Å². The summed E-state index contributed by atoms with van der Waals surface area (Å²) in [4.78, 5) is 26.9. The molecular formula is C31H45BrNNaO6S2. The predicted molar refractivity (Wildman–Crippen MR) is 162 cm³/mol. The van der Waals surface area contributed by atoms with E-state index in [2.05, 4.69) is 61.9 Å². The summed E-state index contributed by atoms with van der Waals surface area (Å²) in [5.74, 6) is 1.56. The fraction of sp³-hybridized carbons (Fsp3) is 0.806. The van der Waals surface area contributed by atoms with Crippen LogP contribution in [0.2, 0.25) is 0 Å². The van der Waals surface area contributed by atoms with Crippen molar-refractivity contribution in [3.63, 3.8) is 0 Å². The van der Waals surface area contributed by atoms with Crippen LogP contribution in [0.3, 0.4) is 0 Å². The Bertz CT molecular complexity index is 1270. The van der Waals surface area contributed by atoms with Crippen LogP contribution in [0.25, 0.3) is 0 Å². The van der Waals surface area contributed by atoms with Gasteiger partial charge in [0.15, 0.2) is 0 Å². The molecule has 0 spiro atoms. The van der Waals surface area contributed by atoms with Gasteiger partial charge in [0, 0.05) is 24.1 Å². The van der Waals surface area contributed by atoms with Crippen LogP contribution in [0.1, 0.15) is 103 Å². The molecule has 10 atom stereocenters. The molecule has 4 aliphatic carbocycles. The van der Waals surface area contributed by atoms with E-state index in [4.69, 9.17) is 4.18 Å². The number of fused-ring (bicyclic) bond motifs is 5. The first-order valence-electron chi connectivity index (χ1n) is 15.3. The van der Waals surface area contributed by atoms with Gasteiger partial charge in [0.1, 0.15) is 5.78 Å². The largest absolute Gasteiger partial charge is 1.00 e. The number of hydrogen-bond donors (Lipinski definition) is 1. The fourth-order valence-corrected chi connectivity index (χ4v) is 12.1. The first-order chi connectivity index (χ1) is 19.1. The zero-order valence-electron chi connectivity index (χ0n) is 25.9. The Labute approximate surface area is 286 Å². The molecular weight excluding hydrogens is 649 g/mol. The molecule has 1 heterocycles. The molecule has 1 aromatic heterocycles. The SMILES string of the molecule is CC(C)[C@@H](NC(=O)C[C@@H](C)[C@H]1CC[C@H]2[C@@H]3[C@H](OS(=O)(=O)[O-])C[C@@H]4CC(=O)CC[C@]4(C)[C@H]3CC[C@]12C)c1ccc(Br)s1.[Na+]. The van der Waals surface area contributed by atoms with Gasteiger partial charge in [-0.05, 0) is 119 Å². The molecule has 1 aromatic rings. The Morgan fingerprint density at radius 2 is 1.83 bits per heavy atom. The summed E-state index contributed by atoms with van der Waals surface area (Å²) in [5, 5.41) is 3.30. The molecule has 7 nitrogen and oxygen atoms in total. The molecule has 0 saturated heterocycles. The van der Waals surface area contributed by atoms with E-state index >= 15 is 0 Å². The van der Waals surface area contributed by atoms with Crippen molar-refractivity contribution >= 4 is 49.4 Å². The molecule has 4 fully saturated rings. The number of thiophene rings is 1. The van der Waals surface area contributed by atoms with Crippen LogP contribution in [-0.2, 0) is 24.2 Å². The number of nitrogens with one attached hydrogen (secondary N) is 1. The number of amides is 1. The zero-order chi connectivity index (χ0) is 29.9. The summed E-state index contributed by atoms with van der Waals surface area (Å²) in [5.41, 5.74) is -0.0997. The second kappa shape index (κ2) is 13.1. The van der Waals surface area contributed by atoms with E-state index in [9.17, 15) is 22.6 Å². The van der Waals surface area contributed by atoms with Crippen molar-refractivity contribution in [2.45, 2.75) is 105 Å². The van der Waals surface area contributed by atoms with Gasteiger partial charge >= 0.3 is 29.6 Å². The van der Waals surface area contributed by atoms with Gasteiger partial charge in [0.05, 0.1) is 15.9 Å². The molecule has 4 aliphatic rings. The number of ketones is 1. The predicted octanol–water partition coefficient (Wildman–Crippen LogP) is 4.04. The molecule has 0 unspecified atom stereocenters. The van der Waals surface area contributed by atoms with Crippen molar-refractivity contribution in [2.75, 3.05) is 0 Å². The van der Waals surface area contributed by atoms with Crippen LogP contribution in [0, 0.1) is 52.3 Å². The molecule has 4 saturated carbocycles. The second-order valence-electron chi connectivity index (χ2n) is 14.4. The van der Waals surface area contributed by atoms with Crippen molar-refractivity contribution in [2.24, 2.45) is 52.3 Å². The molecule has 5 rings (SSSR count). The Kier molecular flexibility index (Phi) is 11.0. The quantitative estimate of drug-likeness (QED) is 0.250. The van der Waals surface area contributed by atoms with Crippen LogP contribution in [0.5, 0.6) is 0 Å². The van der Waals surface area contributed by atoms with E-state index in [1.165, 1.54) is 0 Å². The van der Waals surface area contributed by atoms with Crippen LogP contribution in [0.4, 0.5) is 0 Å². The Morgan fingerprint density at radius 1 is 1.14 bits per heavy atom. The molecule has 1 N–H and O–H groups in total. The van der Waals surface area contributed by atoms with Crippen molar-refractivity contribution < 1.29 is 56.3 Å². The van der Waals surface area contributed by atoms with Gasteiger partial charge in [-0.1, -0.05) is 34.6 Å². The van der Waals surface area contributed by atoms with Gasteiger partial charge in [-0.2, -0.15) is 0 Å². The first kappa shape index (κ1) is 35.1. The third-order valence-electron chi connectivity index (χ3n) is 11.9. The Morgan fingerprint density at radius 3 is 2.45 bits per heavy atom. The van der Waals surface area contributed by atoms with Gasteiger partial charge in [-0.3, -0.25) is 13.8 Å². The number of rotatable bonds is 8. The first-order valence-corrected chi connectivity index (χ1v) is 18.3. The van der Waals surface area contributed by atoms with Crippen LogP contribution < -0.4 is 34.9 Å². The third-order valence-corrected chi connectivity index (χ3v) is 14.1. The zero-order valence-corrected chi connectivity index (χ0v) is 31.1. The maximum atomic E-state index is 13.4. The van der Waals surface area contributed by atoms with Crippen molar-refractivity contribution in [1.29, 1.82) is 0 Å². The number of hydrogen-bond acceptors (Lipinski definition) is 7. The summed E-state index contributed by atoms with van der Waals surface area (Å²) in [6.45, 7) is 11.1. The standard InChI is InChI=1S/C31H46BrNO6S2.Na/c1-17(2)29(25-8-9-26(32)40-25)33-27(35)14-18(3)21-6-7-22-28-23(11-13-31(21,22)5)30(4)12-10-20(34)15-19(30)16-24(28)39-41(36,37)38;/h8-9,17-19,21-24,28-29H,6-7,10-16H2,1-5H3,(H,33,35)(H,36,37,38);/q;+1/p-1/t18-,19+,21-,22+,23+,24-,28+,29-,30+,31-;/m1./s1. The number of carbonyl (C=O) groups is 2. The maximum absolute atomic E-state index is 13.4. The van der Waals surface area contributed by atoms with Crippen molar-refractivity contribution in [1.82, 2.24) is 5.32 Å². The Hall–Kier alpha value is 0.190. The monoisotopic (exact) mass is 693 g/mol. The second-order valence-corrected chi connectivity index (χ2v) is 17.9. The van der Waals surface area contributed by atoms with E-state index in [1.54, 1.807) is 11.3 Å². The Balaban J connectivity index is 0.00000405. The molecule has 230 valence electrons. The van der Waals surface area contributed by atoms with Gasteiger partial charge in [0.25, 0.3) is 0 Å². The molecule has 0 aliphatic heterocycles. The fourth-order valence-electron chi connectivity index (χ4n) is 9.94. The normalized spacial score (nSPS) is 37.7. The number of carbonyl (C=O) groups excluding carboxylic acids is 2. The molecule has 0 aromatic carbocycles. The molecule has 1 amide bonds. The summed E-state index contributed by atoms with van der Waals surface area (Å²) < 4.78 is 42.1. The van der Waals surface area contributed by atoms with Gasteiger partial charge in [0.2, 0.25) is 16.3 Å². The minimum Gasteiger partial charge on any atom is -0.726 e. The van der Waals surface area contributed by atoms with Gasteiger partial charge in [-0.25, -0.2) is 8.42 Å². The number of Topliss-reactive ketones (excluding diaryl/α,β-unsaturated/α-hetero) is 1. The summed E-state index contributed by atoms with van der Waals surface area (Å²) in [7, 11) is -4.87. The van der Waals surface area contributed by atoms with Crippen molar-refractivity contribution in [3.8, 4) is 0 Å². The topological polar surface area (TPSA) is 113 Å². The van der Waals surface area contributed by atoms with Crippen LogP contribution in [0.15, 0.2) is 15.9 Å². The smallest absolute Gasteiger partial charge is 0.726 e. The molecule has 0 bridgehead atoms. The molecule has 42 heavy (non-hydrogen) atoms. The molecule has 11 heteroatoms. The van der Waals surface area contributed by atoms with Gasteiger partial charge < -0.3 is 9.87 Å². The minimum atomic E-state index is -4.87. The van der Waals surface area contributed by atoms with E-state index in [1.807, 2.05) is 6.07 Å².